The van der Waals surface area contributed by atoms with Gasteiger partial charge in [-0.25, -0.2) is 0 Å². The molecule has 15 heavy (non-hydrogen) atoms. The van der Waals surface area contributed by atoms with Crippen molar-refractivity contribution in [1.29, 1.82) is 0 Å². The second-order valence-electron chi connectivity index (χ2n) is 5.53. The first kappa shape index (κ1) is 13.4. The maximum atomic E-state index is 5.99. The van der Waals surface area contributed by atoms with E-state index in [0.29, 0.717) is 5.41 Å². The van der Waals surface area contributed by atoms with Gasteiger partial charge in [-0.1, -0.05) is 13.8 Å². The van der Waals surface area contributed by atoms with Gasteiger partial charge in [0.25, 0.3) is 0 Å². The lowest BCUT2D eigenvalue weighted by Crippen LogP contribution is -2.36. The molecule has 90 valence electrons. The molecule has 1 fully saturated rings. The highest BCUT2D eigenvalue weighted by Crippen LogP contribution is 2.43. The summed E-state index contributed by atoms with van der Waals surface area (Å²) in [6.45, 7) is 5.63. The third-order valence-electron chi connectivity index (χ3n) is 4.30. The van der Waals surface area contributed by atoms with Crippen LogP contribution in [0.5, 0.6) is 0 Å². The highest BCUT2D eigenvalue weighted by molar-refractivity contribution is 7.98. The Hall–Kier alpha value is 0.310. The van der Waals surface area contributed by atoms with Gasteiger partial charge in [-0.2, -0.15) is 11.8 Å². The predicted molar refractivity (Wildman–Crippen MR) is 71.3 cm³/mol. The lowest BCUT2D eigenvalue weighted by atomic mass is 9.67. The summed E-state index contributed by atoms with van der Waals surface area (Å²) in [5.41, 5.74) is 6.49. The largest absolute Gasteiger partial charge is 0.330 e. The van der Waals surface area contributed by atoms with Crippen LogP contribution >= 0.6 is 11.8 Å². The molecule has 2 heteroatoms. The molecule has 2 N–H and O–H groups in total. The molecule has 0 aromatic heterocycles. The van der Waals surface area contributed by atoms with Gasteiger partial charge in [0.05, 0.1) is 0 Å². The molecule has 1 nitrogen and oxygen atoms in total. The lowest BCUT2D eigenvalue weighted by molar-refractivity contribution is 0.129. The Morgan fingerprint density at radius 1 is 1.33 bits per heavy atom. The van der Waals surface area contributed by atoms with Gasteiger partial charge in [0.15, 0.2) is 0 Å². The number of hydrogen-bond donors (Lipinski definition) is 1. The Balaban J connectivity index is 2.43. The van der Waals surface area contributed by atoms with Crippen molar-refractivity contribution >= 4 is 11.8 Å². The summed E-state index contributed by atoms with van der Waals surface area (Å²) >= 11 is 1.96. The van der Waals surface area contributed by atoms with Crippen molar-refractivity contribution in [3.63, 3.8) is 0 Å². The molecule has 1 aliphatic carbocycles. The Bertz CT molecular complexity index is 171. The van der Waals surface area contributed by atoms with Crippen LogP contribution in [-0.4, -0.2) is 18.6 Å². The van der Waals surface area contributed by atoms with Crippen LogP contribution < -0.4 is 5.73 Å². The van der Waals surface area contributed by atoms with Gasteiger partial charge in [0, 0.05) is 0 Å². The maximum absolute atomic E-state index is 5.99. The smallest absolute Gasteiger partial charge is 0.00202 e. The van der Waals surface area contributed by atoms with E-state index in [9.17, 15) is 0 Å². The average molecular weight is 229 g/mol. The SMILES string of the molecule is CSCCC1(CN)CCC(C(C)C)CC1. The average Bonchev–Trinajstić information content (AvgIpc) is 2.27. The minimum absolute atomic E-state index is 0.494. The molecule has 0 amide bonds. The highest BCUT2D eigenvalue weighted by atomic mass is 32.2. The molecule has 1 saturated carbocycles. The summed E-state index contributed by atoms with van der Waals surface area (Å²) in [7, 11) is 0. The fraction of sp³-hybridized carbons (Fsp3) is 1.00. The van der Waals surface area contributed by atoms with Crippen molar-refractivity contribution < 1.29 is 0 Å². The second kappa shape index (κ2) is 6.15. The molecular formula is C13H27NS. The van der Waals surface area contributed by atoms with E-state index in [1.165, 1.54) is 37.9 Å². The molecule has 0 heterocycles. The van der Waals surface area contributed by atoms with Gasteiger partial charge < -0.3 is 5.73 Å². The van der Waals surface area contributed by atoms with E-state index in [1.54, 1.807) is 0 Å². The Morgan fingerprint density at radius 2 is 1.93 bits per heavy atom. The molecule has 0 unspecified atom stereocenters. The molecule has 0 spiro atoms. The summed E-state index contributed by atoms with van der Waals surface area (Å²) in [5.74, 6) is 3.10. The van der Waals surface area contributed by atoms with E-state index in [4.69, 9.17) is 5.73 Å². The first-order chi connectivity index (χ1) is 7.13. The lowest BCUT2D eigenvalue weighted by Gasteiger charge is -2.40. The van der Waals surface area contributed by atoms with E-state index in [1.807, 2.05) is 11.8 Å². The van der Waals surface area contributed by atoms with Crippen LogP contribution in [0.1, 0.15) is 46.0 Å². The number of hydrogen-bond acceptors (Lipinski definition) is 2. The van der Waals surface area contributed by atoms with Crippen LogP contribution in [-0.2, 0) is 0 Å². The van der Waals surface area contributed by atoms with Crippen LogP contribution in [0.4, 0.5) is 0 Å². The molecule has 0 bridgehead atoms. The van der Waals surface area contributed by atoms with Gasteiger partial charge in [-0.15, -0.1) is 0 Å². The van der Waals surface area contributed by atoms with Crippen molar-refractivity contribution in [2.24, 2.45) is 23.0 Å². The molecule has 0 saturated heterocycles. The van der Waals surface area contributed by atoms with E-state index in [-0.39, 0.29) is 0 Å². The Kier molecular flexibility index (Phi) is 5.48. The summed E-state index contributed by atoms with van der Waals surface area (Å²) < 4.78 is 0. The zero-order valence-corrected chi connectivity index (χ0v) is 11.4. The van der Waals surface area contributed by atoms with Gasteiger partial charge in [-0.3, -0.25) is 0 Å². The molecule has 0 aromatic rings. The second-order valence-corrected chi connectivity index (χ2v) is 6.51. The molecule has 1 aliphatic rings. The van der Waals surface area contributed by atoms with Gasteiger partial charge >= 0.3 is 0 Å². The summed E-state index contributed by atoms with van der Waals surface area (Å²) in [5, 5.41) is 0. The fourth-order valence-corrected chi connectivity index (χ4v) is 3.43. The normalized spacial score (nSPS) is 32.2. The first-order valence-electron chi connectivity index (χ1n) is 6.32. The Labute approximate surface area is 99.6 Å². The molecule has 0 radical (unpaired) electrons. The highest BCUT2D eigenvalue weighted by Gasteiger charge is 2.34. The quantitative estimate of drug-likeness (QED) is 0.780. The van der Waals surface area contributed by atoms with E-state index < -0.39 is 0 Å². The summed E-state index contributed by atoms with van der Waals surface area (Å²) in [6, 6.07) is 0. The van der Waals surface area contributed by atoms with Crippen molar-refractivity contribution in [2.45, 2.75) is 46.0 Å². The van der Waals surface area contributed by atoms with E-state index in [2.05, 4.69) is 20.1 Å². The van der Waals surface area contributed by atoms with Gasteiger partial charge in [0.1, 0.15) is 0 Å². The molecular weight excluding hydrogens is 202 g/mol. The minimum atomic E-state index is 0.494. The molecule has 0 atom stereocenters. The van der Waals surface area contributed by atoms with E-state index in [0.717, 1.165) is 18.4 Å². The third kappa shape index (κ3) is 3.67. The van der Waals surface area contributed by atoms with E-state index >= 15 is 0 Å². The van der Waals surface area contributed by atoms with Gasteiger partial charge in [0.2, 0.25) is 0 Å². The minimum Gasteiger partial charge on any atom is -0.330 e. The third-order valence-corrected chi connectivity index (χ3v) is 4.92. The zero-order chi connectivity index (χ0) is 11.3. The van der Waals surface area contributed by atoms with Crippen LogP contribution in [0, 0.1) is 17.3 Å². The number of thioether (sulfide) groups is 1. The van der Waals surface area contributed by atoms with Crippen LogP contribution in [0.15, 0.2) is 0 Å². The van der Waals surface area contributed by atoms with Crippen LogP contribution in [0.3, 0.4) is 0 Å². The Morgan fingerprint density at radius 3 is 2.33 bits per heavy atom. The maximum Gasteiger partial charge on any atom is -0.00202 e. The molecule has 0 aromatic carbocycles. The number of rotatable bonds is 5. The predicted octanol–water partition coefficient (Wildman–Crippen LogP) is 3.53. The van der Waals surface area contributed by atoms with Crippen molar-refractivity contribution in [3.05, 3.63) is 0 Å². The van der Waals surface area contributed by atoms with Crippen LogP contribution in [0.2, 0.25) is 0 Å². The van der Waals surface area contributed by atoms with Crippen molar-refractivity contribution in [3.8, 4) is 0 Å². The zero-order valence-electron chi connectivity index (χ0n) is 10.6. The molecule has 0 aliphatic heterocycles. The molecule has 1 rings (SSSR count). The first-order valence-corrected chi connectivity index (χ1v) is 7.72. The van der Waals surface area contributed by atoms with Crippen molar-refractivity contribution in [1.82, 2.24) is 0 Å². The summed E-state index contributed by atoms with van der Waals surface area (Å²) in [6.07, 6.45) is 9.08. The monoisotopic (exact) mass is 229 g/mol. The topological polar surface area (TPSA) is 26.0 Å². The van der Waals surface area contributed by atoms with Crippen molar-refractivity contribution in [2.75, 3.05) is 18.6 Å². The fourth-order valence-electron chi connectivity index (χ4n) is 2.79. The standard InChI is InChI=1S/C13H27NS/c1-11(2)12-4-6-13(10-14,7-5-12)8-9-15-3/h11-12H,4-10,14H2,1-3H3. The summed E-state index contributed by atoms with van der Waals surface area (Å²) in [4.78, 5) is 0. The van der Waals surface area contributed by atoms with Crippen LogP contribution in [0.25, 0.3) is 0 Å². The van der Waals surface area contributed by atoms with Gasteiger partial charge in [-0.05, 0) is 67.9 Å². The number of nitrogens with two attached hydrogens (primary N) is 1.